The minimum atomic E-state index is -0.465. The Balaban J connectivity index is 2.51. The fourth-order valence-corrected chi connectivity index (χ4v) is 1.57. The van der Waals surface area contributed by atoms with Gasteiger partial charge >= 0.3 is 0 Å². The summed E-state index contributed by atoms with van der Waals surface area (Å²) in [5, 5.41) is 12.8. The maximum atomic E-state index is 9.75. The standard InChI is InChI=1S/C11H14BrNO/c1-2-6-13-8-11(14)9-4-3-5-10(12)7-9/h2-5,7,11,13-14H,1,6,8H2. The van der Waals surface area contributed by atoms with Gasteiger partial charge in [0.2, 0.25) is 0 Å². The van der Waals surface area contributed by atoms with Crippen molar-refractivity contribution in [3.8, 4) is 0 Å². The van der Waals surface area contributed by atoms with Gasteiger partial charge < -0.3 is 10.4 Å². The van der Waals surface area contributed by atoms with E-state index < -0.39 is 6.10 Å². The molecule has 2 nitrogen and oxygen atoms in total. The Hall–Kier alpha value is -0.640. The van der Waals surface area contributed by atoms with Crippen molar-refractivity contribution in [3.05, 3.63) is 47.0 Å². The highest BCUT2D eigenvalue weighted by molar-refractivity contribution is 9.10. The first-order valence-electron chi connectivity index (χ1n) is 4.49. The Morgan fingerprint density at radius 1 is 1.57 bits per heavy atom. The van der Waals surface area contributed by atoms with Crippen LogP contribution in [-0.4, -0.2) is 18.2 Å². The lowest BCUT2D eigenvalue weighted by molar-refractivity contribution is 0.176. The van der Waals surface area contributed by atoms with Crippen molar-refractivity contribution >= 4 is 15.9 Å². The molecule has 1 unspecified atom stereocenters. The first-order valence-corrected chi connectivity index (χ1v) is 5.28. The van der Waals surface area contributed by atoms with Crippen LogP contribution in [0.4, 0.5) is 0 Å². The lowest BCUT2D eigenvalue weighted by Crippen LogP contribution is -2.21. The van der Waals surface area contributed by atoms with Crippen LogP contribution in [0.1, 0.15) is 11.7 Å². The molecule has 3 heteroatoms. The fraction of sp³-hybridized carbons (Fsp3) is 0.273. The third-order valence-electron chi connectivity index (χ3n) is 1.86. The van der Waals surface area contributed by atoms with Crippen molar-refractivity contribution in [1.82, 2.24) is 5.32 Å². The fourth-order valence-electron chi connectivity index (χ4n) is 1.15. The zero-order valence-electron chi connectivity index (χ0n) is 7.91. The topological polar surface area (TPSA) is 32.3 Å². The summed E-state index contributed by atoms with van der Waals surface area (Å²) in [6.07, 6.45) is 1.31. The number of hydrogen-bond donors (Lipinski definition) is 2. The van der Waals surface area contributed by atoms with Gasteiger partial charge in [-0.3, -0.25) is 0 Å². The van der Waals surface area contributed by atoms with E-state index in [1.165, 1.54) is 0 Å². The molecule has 0 saturated heterocycles. The Labute approximate surface area is 92.8 Å². The second-order valence-corrected chi connectivity index (χ2v) is 3.93. The molecule has 1 atom stereocenters. The van der Waals surface area contributed by atoms with Gasteiger partial charge in [-0.25, -0.2) is 0 Å². The van der Waals surface area contributed by atoms with E-state index in [0.29, 0.717) is 13.1 Å². The van der Waals surface area contributed by atoms with Gasteiger partial charge in [0.1, 0.15) is 0 Å². The van der Waals surface area contributed by atoms with Gasteiger partial charge in [-0.1, -0.05) is 34.1 Å². The van der Waals surface area contributed by atoms with Crippen LogP contribution < -0.4 is 5.32 Å². The van der Waals surface area contributed by atoms with E-state index in [1.54, 1.807) is 6.08 Å². The number of hydrogen-bond acceptors (Lipinski definition) is 2. The summed E-state index contributed by atoms with van der Waals surface area (Å²) in [6, 6.07) is 7.68. The third kappa shape index (κ3) is 3.62. The molecular weight excluding hydrogens is 242 g/mol. The second kappa shape index (κ2) is 5.96. The zero-order chi connectivity index (χ0) is 10.4. The molecule has 14 heavy (non-hydrogen) atoms. The van der Waals surface area contributed by atoms with Crippen molar-refractivity contribution in [2.24, 2.45) is 0 Å². The van der Waals surface area contributed by atoms with E-state index in [-0.39, 0.29) is 0 Å². The van der Waals surface area contributed by atoms with Gasteiger partial charge in [0.05, 0.1) is 6.10 Å². The highest BCUT2D eigenvalue weighted by Crippen LogP contribution is 2.17. The molecule has 0 aliphatic rings. The predicted octanol–water partition coefficient (Wildman–Crippen LogP) is 2.26. The highest BCUT2D eigenvalue weighted by atomic mass is 79.9. The monoisotopic (exact) mass is 255 g/mol. The molecule has 1 aromatic rings. The summed E-state index contributed by atoms with van der Waals surface area (Å²) in [7, 11) is 0. The quantitative estimate of drug-likeness (QED) is 0.625. The molecule has 0 aliphatic carbocycles. The van der Waals surface area contributed by atoms with E-state index in [2.05, 4.69) is 27.8 Å². The smallest absolute Gasteiger partial charge is 0.0914 e. The van der Waals surface area contributed by atoms with Crippen molar-refractivity contribution < 1.29 is 5.11 Å². The number of benzene rings is 1. The molecule has 0 saturated carbocycles. The van der Waals surface area contributed by atoms with Gasteiger partial charge in [0, 0.05) is 17.6 Å². The summed E-state index contributed by atoms with van der Waals surface area (Å²) in [6.45, 7) is 4.85. The number of aliphatic hydroxyl groups excluding tert-OH is 1. The molecule has 0 heterocycles. The molecule has 0 aromatic heterocycles. The lowest BCUT2D eigenvalue weighted by atomic mass is 10.1. The molecule has 2 N–H and O–H groups in total. The van der Waals surface area contributed by atoms with E-state index in [9.17, 15) is 5.11 Å². The Morgan fingerprint density at radius 3 is 3.00 bits per heavy atom. The van der Waals surface area contributed by atoms with Gasteiger partial charge in [-0.05, 0) is 17.7 Å². The van der Waals surface area contributed by atoms with Crippen LogP contribution in [0.25, 0.3) is 0 Å². The van der Waals surface area contributed by atoms with Crippen LogP contribution in [0, 0.1) is 0 Å². The Morgan fingerprint density at radius 2 is 2.36 bits per heavy atom. The number of halogens is 1. The molecule has 0 fully saturated rings. The average molecular weight is 256 g/mol. The summed E-state index contributed by atoms with van der Waals surface area (Å²) in [4.78, 5) is 0. The van der Waals surface area contributed by atoms with Crippen molar-refractivity contribution in [2.75, 3.05) is 13.1 Å². The first kappa shape index (κ1) is 11.4. The van der Waals surface area contributed by atoms with Crippen LogP contribution in [-0.2, 0) is 0 Å². The molecule has 0 aliphatic heterocycles. The van der Waals surface area contributed by atoms with Crippen molar-refractivity contribution in [3.63, 3.8) is 0 Å². The first-order chi connectivity index (χ1) is 6.74. The Kier molecular flexibility index (Phi) is 4.87. The van der Waals surface area contributed by atoms with Gasteiger partial charge in [0.25, 0.3) is 0 Å². The zero-order valence-corrected chi connectivity index (χ0v) is 9.50. The van der Waals surface area contributed by atoms with Crippen molar-refractivity contribution in [2.45, 2.75) is 6.10 Å². The largest absolute Gasteiger partial charge is 0.387 e. The molecular formula is C11H14BrNO. The predicted molar refractivity (Wildman–Crippen MR) is 62.2 cm³/mol. The minimum Gasteiger partial charge on any atom is -0.387 e. The van der Waals surface area contributed by atoms with Gasteiger partial charge in [0.15, 0.2) is 0 Å². The van der Waals surface area contributed by atoms with Gasteiger partial charge in [-0.15, -0.1) is 6.58 Å². The van der Waals surface area contributed by atoms with Crippen LogP contribution in [0.3, 0.4) is 0 Å². The SMILES string of the molecule is C=CCNCC(O)c1cccc(Br)c1. The number of rotatable bonds is 5. The summed E-state index contributed by atoms with van der Waals surface area (Å²) in [5.74, 6) is 0. The highest BCUT2D eigenvalue weighted by Gasteiger charge is 2.05. The molecule has 1 aromatic carbocycles. The maximum Gasteiger partial charge on any atom is 0.0914 e. The summed E-state index contributed by atoms with van der Waals surface area (Å²) >= 11 is 3.36. The number of nitrogens with one attached hydrogen (secondary N) is 1. The normalized spacial score (nSPS) is 12.4. The minimum absolute atomic E-state index is 0.465. The molecule has 0 amide bonds. The molecule has 0 bridgehead atoms. The summed E-state index contributed by atoms with van der Waals surface area (Å²) in [5.41, 5.74) is 0.913. The lowest BCUT2D eigenvalue weighted by Gasteiger charge is -2.11. The summed E-state index contributed by atoms with van der Waals surface area (Å²) < 4.78 is 0.984. The molecule has 1 rings (SSSR count). The van der Waals surface area contributed by atoms with Crippen LogP contribution in [0.2, 0.25) is 0 Å². The number of aliphatic hydroxyl groups is 1. The van der Waals surface area contributed by atoms with E-state index in [0.717, 1.165) is 10.0 Å². The van der Waals surface area contributed by atoms with Gasteiger partial charge in [-0.2, -0.15) is 0 Å². The molecule has 0 spiro atoms. The molecule has 0 radical (unpaired) electrons. The van der Waals surface area contributed by atoms with Crippen LogP contribution >= 0.6 is 15.9 Å². The maximum absolute atomic E-state index is 9.75. The van der Waals surface area contributed by atoms with E-state index in [4.69, 9.17) is 0 Å². The third-order valence-corrected chi connectivity index (χ3v) is 2.35. The van der Waals surface area contributed by atoms with E-state index >= 15 is 0 Å². The van der Waals surface area contributed by atoms with Crippen LogP contribution in [0.5, 0.6) is 0 Å². The van der Waals surface area contributed by atoms with Crippen molar-refractivity contribution in [1.29, 1.82) is 0 Å². The second-order valence-electron chi connectivity index (χ2n) is 3.02. The van der Waals surface area contributed by atoms with E-state index in [1.807, 2.05) is 24.3 Å². The average Bonchev–Trinajstić information content (AvgIpc) is 2.18. The Bertz CT molecular complexity index is 301. The van der Waals surface area contributed by atoms with Crippen LogP contribution in [0.15, 0.2) is 41.4 Å². The molecule has 76 valence electrons.